The molecule has 0 amide bonds. The monoisotopic (exact) mass is 227 g/mol. The Balaban J connectivity index is 2.20. The van der Waals surface area contributed by atoms with E-state index in [1.807, 2.05) is 0 Å². The first-order valence-corrected chi connectivity index (χ1v) is 4.96. The first-order valence-electron chi connectivity index (χ1n) is 4.96. The fourth-order valence-corrected chi connectivity index (χ4v) is 1.57. The molecule has 16 heavy (non-hydrogen) atoms. The summed E-state index contributed by atoms with van der Waals surface area (Å²) in [6.07, 6.45) is -0.209. The van der Waals surface area contributed by atoms with E-state index in [2.05, 4.69) is 4.98 Å². The molecule has 2 heterocycles. The van der Waals surface area contributed by atoms with Crippen molar-refractivity contribution in [1.82, 2.24) is 9.55 Å². The third kappa shape index (κ3) is 2.31. The summed E-state index contributed by atoms with van der Waals surface area (Å²) >= 11 is 0. The Morgan fingerprint density at radius 2 is 2.31 bits per heavy atom. The molecule has 1 atom stereocenters. The van der Waals surface area contributed by atoms with Gasteiger partial charge in [0, 0.05) is 6.07 Å². The highest BCUT2D eigenvalue weighted by atomic mass is 16.6. The van der Waals surface area contributed by atoms with E-state index in [0.717, 1.165) is 0 Å². The molecule has 0 aliphatic carbocycles. The van der Waals surface area contributed by atoms with Crippen LogP contribution in [0.25, 0.3) is 0 Å². The predicted octanol–water partition coefficient (Wildman–Crippen LogP) is -1.47. The van der Waals surface area contributed by atoms with Crippen LogP contribution in [0.3, 0.4) is 0 Å². The molecule has 1 aromatic heterocycles. The number of nitrogen functional groups attached to an aromatic ring is 1. The van der Waals surface area contributed by atoms with Crippen LogP contribution < -0.4 is 17.0 Å². The van der Waals surface area contributed by atoms with Gasteiger partial charge in [-0.2, -0.15) is 0 Å². The van der Waals surface area contributed by atoms with Crippen molar-refractivity contribution in [2.75, 3.05) is 25.6 Å². The lowest BCUT2D eigenvalue weighted by Gasteiger charge is -2.23. The van der Waals surface area contributed by atoms with Crippen LogP contribution in [0.5, 0.6) is 0 Å². The summed E-state index contributed by atoms with van der Waals surface area (Å²) in [7, 11) is 0. The predicted molar refractivity (Wildman–Crippen MR) is 56.3 cm³/mol. The molecule has 7 heteroatoms. The standard InChI is InChI=1S/C9H13N3O4/c10-7-3-8(13)11-9(14)12(7)4-6-5-15-1-2-16-6/h3,6H,1-2,4-5,10H2,(H,11,13,14). The lowest BCUT2D eigenvalue weighted by atomic mass is 10.3. The van der Waals surface area contributed by atoms with Crippen LogP contribution in [0.2, 0.25) is 0 Å². The van der Waals surface area contributed by atoms with Gasteiger partial charge < -0.3 is 15.2 Å². The lowest BCUT2D eigenvalue weighted by molar-refractivity contribution is -0.0937. The van der Waals surface area contributed by atoms with Crippen molar-refractivity contribution in [2.45, 2.75) is 12.6 Å². The number of nitrogens with one attached hydrogen (secondary N) is 1. The van der Waals surface area contributed by atoms with Crippen molar-refractivity contribution in [2.24, 2.45) is 0 Å². The van der Waals surface area contributed by atoms with Crippen LogP contribution in [-0.2, 0) is 16.0 Å². The minimum Gasteiger partial charge on any atom is -0.385 e. The second-order valence-electron chi connectivity index (χ2n) is 3.54. The molecule has 88 valence electrons. The van der Waals surface area contributed by atoms with Gasteiger partial charge in [0.1, 0.15) is 5.82 Å². The van der Waals surface area contributed by atoms with Gasteiger partial charge in [0.2, 0.25) is 0 Å². The molecule has 1 saturated heterocycles. The number of aromatic nitrogens is 2. The van der Waals surface area contributed by atoms with E-state index in [4.69, 9.17) is 15.2 Å². The van der Waals surface area contributed by atoms with E-state index in [9.17, 15) is 9.59 Å². The van der Waals surface area contributed by atoms with Crippen molar-refractivity contribution >= 4 is 5.82 Å². The number of hydrogen-bond donors (Lipinski definition) is 2. The number of ether oxygens (including phenoxy) is 2. The molecule has 0 radical (unpaired) electrons. The number of H-pyrrole nitrogens is 1. The number of rotatable bonds is 2. The number of anilines is 1. The third-order valence-electron chi connectivity index (χ3n) is 2.34. The van der Waals surface area contributed by atoms with Crippen molar-refractivity contribution < 1.29 is 9.47 Å². The van der Waals surface area contributed by atoms with Gasteiger partial charge in [0.05, 0.1) is 32.5 Å². The van der Waals surface area contributed by atoms with Crippen LogP contribution in [0.4, 0.5) is 5.82 Å². The fourth-order valence-electron chi connectivity index (χ4n) is 1.57. The number of nitrogens with two attached hydrogens (primary N) is 1. The van der Waals surface area contributed by atoms with Crippen molar-refractivity contribution in [1.29, 1.82) is 0 Å². The maximum atomic E-state index is 11.5. The summed E-state index contributed by atoms with van der Waals surface area (Å²) in [5.74, 6) is 0.128. The smallest absolute Gasteiger partial charge is 0.329 e. The second kappa shape index (κ2) is 4.50. The van der Waals surface area contributed by atoms with Gasteiger partial charge in [-0.1, -0.05) is 0 Å². The fraction of sp³-hybridized carbons (Fsp3) is 0.556. The average Bonchev–Trinajstić information content (AvgIpc) is 2.25. The molecule has 3 N–H and O–H groups in total. The quantitative estimate of drug-likeness (QED) is 0.643. The lowest BCUT2D eigenvalue weighted by Crippen LogP contribution is -2.39. The van der Waals surface area contributed by atoms with E-state index in [1.54, 1.807) is 0 Å². The third-order valence-corrected chi connectivity index (χ3v) is 2.34. The van der Waals surface area contributed by atoms with Gasteiger partial charge in [-0.05, 0) is 0 Å². The van der Waals surface area contributed by atoms with E-state index in [-0.39, 0.29) is 18.5 Å². The first kappa shape index (κ1) is 10.9. The minimum absolute atomic E-state index is 0.128. The Morgan fingerprint density at radius 1 is 1.50 bits per heavy atom. The van der Waals surface area contributed by atoms with Crippen LogP contribution in [0.15, 0.2) is 15.7 Å². The topological polar surface area (TPSA) is 99.3 Å². The maximum Gasteiger partial charge on any atom is 0.329 e. The maximum absolute atomic E-state index is 11.5. The first-order chi connectivity index (χ1) is 7.66. The molecule has 2 rings (SSSR count). The molecule has 0 saturated carbocycles. The Bertz CT molecular complexity index is 472. The van der Waals surface area contributed by atoms with E-state index in [0.29, 0.717) is 19.8 Å². The van der Waals surface area contributed by atoms with Gasteiger partial charge in [-0.15, -0.1) is 0 Å². The molecular formula is C9H13N3O4. The number of aromatic amines is 1. The summed E-state index contributed by atoms with van der Waals surface area (Å²) in [5, 5.41) is 0. The highest BCUT2D eigenvalue weighted by Gasteiger charge is 2.16. The number of hydrogen-bond acceptors (Lipinski definition) is 5. The molecule has 0 spiro atoms. The van der Waals surface area contributed by atoms with Crippen LogP contribution in [-0.4, -0.2) is 35.5 Å². The Morgan fingerprint density at radius 3 is 2.94 bits per heavy atom. The largest absolute Gasteiger partial charge is 0.385 e. The minimum atomic E-state index is -0.529. The summed E-state index contributed by atoms with van der Waals surface area (Å²) in [5.41, 5.74) is 4.56. The highest BCUT2D eigenvalue weighted by Crippen LogP contribution is 2.04. The van der Waals surface area contributed by atoms with Crippen LogP contribution >= 0.6 is 0 Å². The number of nitrogens with zero attached hydrogens (tertiary/aromatic N) is 1. The summed E-state index contributed by atoms with van der Waals surface area (Å²) < 4.78 is 11.9. The molecule has 1 aliphatic rings. The van der Waals surface area contributed by atoms with E-state index in [1.165, 1.54) is 10.6 Å². The average molecular weight is 227 g/mol. The molecule has 1 fully saturated rings. The zero-order valence-corrected chi connectivity index (χ0v) is 8.64. The Labute approximate surface area is 90.8 Å². The summed E-state index contributed by atoms with van der Waals surface area (Å²) in [4.78, 5) is 24.6. The molecule has 0 aromatic carbocycles. The van der Waals surface area contributed by atoms with E-state index < -0.39 is 11.2 Å². The van der Waals surface area contributed by atoms with Crippen molar-refractivity contribution in [3.8, 4) is 0 Å². The van der Waals surface area contributed by atoms with Crippen molar-refractivity contribution in [3.63, 3.8) is 0 Å². The molecular weight excluding hydrogens is 214 g/mol. The zero-order valence-electron chi connectivity index (χ0n) is 8.64. The molecule has 1 aliphatic heterocycles. The summed E-state index contributed by atoms with van der Waals surface area (Å²) in [6, 6.07) is 1.17. The molecule has 0 bridgehead atoms. The molecule has 7 nitrogen and oxygen atoms in total. The normalized spacial score (nSPS) is 20.9. The van der Waals surface area contributed by atoms with E-state index >= 15 is 0 Å². The van der Waals surface area contributed by atoms with Gasteiger partial charge in [0.15, 0.2) is 0 Å². The highest BCUT2D eigenvalue weighted by molar-refractivity contribution is 5.26. The van der Waals surface area contributed by atoms with Crippen LogP contribution in [0.1, 0.15) is 0 Å². The zero-order chi connectivity index (χ0) is 11.5. The van der Waals surface area contributed by atoms with Gasteiger partial charge >= 0.3 is 5.69 Å². The Kier molecular flexibility index (Phi) is 3.07. The SMILES string of the molecule is Nc1cc(=O)[nH]c(=O)n1CC1COCCO1. The summed E-state index contributed by atoms with van der Waals surface area (Å²) in [6.45, 7) is 1.77. The van der Waals surface area contributed by atoms with Crippen molar-refractivity contribution in [3.05, 3.63) is 26.9 Å². The second-order valence-corrected chi connectivity index (χ2v) is 3.54. The Hall–Kier alpha value is -1.60. The molecule has 1 unspecified atom stereocenters. The van der Waals surface area contributed by atoms with Gasteiger partial charge in [-0.25, -0.2) is 4.79 Å². The van der Waals surface area contributed by atoms with Crippen LogP contribution in [0, 0.1) is 0 Å². The molecule has 1 aromatic rings. The van der Waals surface area contributed by atoms with Gasteiger partial charge in [-0.3, -0.25) is 14.3 Å². The van der Waals surface area contributed by atoms with Gasteiger partial charge in [0.25, 0.3) is 5.56 Å².